The highest BCUT2D eigenvalue weighted by atomic mass is 16.6. The van der Waals surface area contributed by atoms with E-state index in [1.54, 1.807) is 0 Å². The van der Waals surface area contributed by atoms with E-state index >= 15 is 0 Å². The number of hydrogen-bond acceptors (Lipinski definition) is 3. The molecule has 0 aliphatic rings. The molecular weight excluding hydrogens is 352 g/mol. The van der Waals surface area contributed by atoms with Crippen LogP contribution in [0.15, 0.2) is 54.6 Å². The normalized spacial score (nSPS) is 10.6. The molecule has 0 fully saturated rings. The summed E-state index contributed by atoms with van der Waals surface area (Å²) in [5.74, 6) is -0.867. The van der Waals surface area contributed by atoms with Gasteiger partial charge in [-0.25, -0.2) is 0 Å². The van der Waals surface area contributed by atoms with Crippen LogP contribution in [0.2, 0.25) is 0 Å². The van der Waals surface area contributed by atoms with Gasteiger partial charge in [0, 0.05) is 12.8 Å². The van der Waals surface area contributed by atoms with Gasteiger partial charge in [-0.15, -0.1) is 0 Å². The zero-order valence-electron chi connectivity index (χ0n) is 17.4. The topological polar surface area (TPSA) is 63.6 Å². The van der Waals surface area contributed by atoms with E-state index in [2.05, 4.69) is 25.1 Å². The van der Waals surface area contributed by atoms with Crippen LogP contribution in [-0.2, 0) is 33.6 Å². The van der Waals surface area contributed by atoms with Crippen LogP contribution in [0.1, 0.15) is 57.2 Å². The van der Waals surface area contributed by atoms with E-state index in [0.29, 0.717) is 12.8 Å². The zero-order chi connectivity index (χ0) is 21.0. The maximum absolute atomic E-state index is 11.6. The summed E-state index contributed by atoms with van der Waals surface area (Å²) in [5.41, 5.74) is 3.21. The summed E-state index contributed by atoms with van der Waals surface area (Å²) in [6.07, 6.45) is 3.06. The first-order valence-corrected chi connectivity index (χ1v) is 9.75. The molecule has 4 nitrogen and oxygen atoms in total. The SMILES string of the molecule is CCc1cccc(CCC(=O)OC(C)(C)C)c1.O=C(O)CCc1ccccc1. The molecule has 0 atom stereocenters. The lowest BCUT2D eigenvalue weighted by molar-refractivity contribution is -0.154. The van der Waals surface area contributed by atoms with Crippen LogP contribution in [0.4, 0.5) is 0 Å². The molecule has 0 aliphatic carbocycles. The Labute approximate surface area is 168 Å². The van der Waals surface area contributed by atoms with Crippen LogP contribution in [0.3, 0.4) is 0 Å². The smallest absolute Gasteiger partial charge is 0.306 e. The number of carbonyl (C=O) groups is 2. The number of aliphatic carboxylic acids is 1. The molecular formula is C24H32O4. The number of esters is 1. The molecule has 2 rings (SSSR count). The summed E-state index contributed by atoms with van der Waals surface area (Å²) in [6.45, 7) is 7.81. The average molecular weight is 385 g/mol. The molecule has 0 aromatic heterocycles. The lowest BCUT2D eigenvalue weighted by Gasteiger charge is -2.19. The van der Waals surface area contributed by atoms with Crippen LogP contribution in [0.25, 0.3) is 0 Å². The van der Waals surface area contributed by atoms with Gasteiger partial charge in [0.2, 0.25) is 0 Å². The average Bonchev–Trinajstić information content (AvgIpc) is 2.65. The van der Waals surface area contributed by atoms with Crippen molar-refractivity contribution in [1.29, 1.82) is 0 Å². The molecule has 0 heterocycles. The minimum Gasteiger partial charge on any atom is -0.481 e. The summed E-state index contributed by atoms with van der Waals surface area (Å²) in [4.78, 5) is 21.7. The van der Waals surface area contributed by atoms with Crippen molar-refractivity contribution < 1.29 is 19.4 Å². The Morgan fingerprint density at radius 3 is 2.00 bits per heavy atom. The molecule has 0 saturated carbocycles. The zero-order valence-corrected chi connectivity index (χ0v) is 17.4. The van der Waals surface area contributed by atoms with Crippen molar-refractivity contribution in [1.82, 2.24) is 0 Å². The van der Waals surface area contributed by atoms with Gasteiger partial charge in [0.25, 0.3) is 0 Å². The van der Waals surface area contributed by atoms with Gasteiger partial charge in [-0.3, -0.25) is 9.59 Å². The van der Waals surface area contributed by atoms with Crippen molar-refractivity contribution in [2.75, 3.05) is 0 Å². The predicted octanol–water partition coefficient (Wildman–Crippen LogP) is 5.23. The van der Waals surface area contributed by atoms with Crippen molar-refractivity contribution in [2.45, 2.75) is 65.4 Å². The van der Waals surface area contributed by atoms with Gasteiger partial charge in [0.15, 0.2) is 0 Å². The fourth-order valence-corrected chi connectivity index (χ4v) is 2.54. The molecule has 0 aliphatic heterocycles. The highest BCUT2D eigenvalue weighted by molar-refractivity contribution is 5.70. The third kappa shape index (κ3) is 11.2. The molecule has 0 saturated heterocycles. The molecule has 152 valence electrons. The number of benzene rings is 2. The monoisotopic (exact) mass is 384 g/mol. The van der Waals surface area contributed by atoms with Crippen molar-refractivity contribution >= 4 is 11.9 Å². The Kier molecular flexibility index (Phi) is 10.0. The fourth-order valence-electron chi connectivity index (χ4n) is 2.54. The Balaban J connectivity index is 0.000000307. The molecule has 0 spiro atoms. The number of carbonyl (C=O) groups excluding carboxylic acids is 1. The first kappa shape index (κ1) is 23.4. The van der Waals surface area contributed by atoms with Crippen LogP contribution >= 0.6 is 0 Å². The van der Waals surface area contributed by atoms with Gasteiger partial charge in [-0.1, -0.05) is 61.5 Å². The maximum Gasteiger partial charge on any atom is 0.306 e. The van der Waals surface area contributed by atoms with Crippen molar-refractivity contribution in [3.63, 3.8) is 0 Å². The van der Waals surface area contributed by atoms with E-state index < -0.39 is 5.97 Å². The van der Waals surface area contributed by atoms with E-state index in [-0.39, 0.29) is 18.0 Å². The van der Waals surface area contributed by atoms with E-state index in [1.165, 1.54) is 11.1 Å². The third-order valence-corrected chi connectivity index (χ3v) is 3.91. The molecule has 0 bridgehead atoms. The number of ether oxygens (including phenoxy) is 1. The first-order chi connectivity index (χ1) is 13.2. The van der Waals surface area contributed by atoms with Gasteiger partial charge in [0.1, 0.15) is 5.60 Å². The predicted molar refractivity (Wildman–Crippen MR) is 112 cm³/mol. The number of carboxylic acids is 1. The summed E-state index contributed by atoms with van der Waals surface area (Å²) in [6, 6.07) is 18.0. The maximum atomic E-state index is 11.6. The summed E-state index contributed by atoms with van der Waals surface area (Å²) in [5, 5.41) is 8.37. The van der Waals surface area contributed by atoms with Crippen molar-refractivity contribution in [2.24, 2.45) is 0 Å². The van der Waals surface area contributed by atoms with E-state index in [0.717, 1.165) is 18.4 Å². The van der Waals surface area contributed by atoms with Gasteiger partial charge < -0.3 is 9.84 Å². The summed E-state index contributed by atoms with van der Waals surface area (Å²) in [7, 11) is 0. The highest BCUT2D eigenvalue weighted by Gasteiger charge is 2.15. The fraction of sp³-hybridized carbons (Fsp3) is 0.417. The number of hydrogen-bond donors (Lipinski definition) is 1. The van der Waals surface area contributed by atoms with Crippen molar-refractivity contribution in [3.05, 3.63) is 71.3 Å². The molecule has 0 amide bonds. The summed E-state index contributed by atoms with van der Waals surface area (Å²) >= 11 is 0. The summed E-state index contributed by atoms with van der Waals surface area (Å²) < 4.78 is 5.28. The first-order valence-electron chi connectivity index (χ1n) is 9.75. The van der Waals surface area contributed by atoms with Gasteiger partial charge in [-0.2, -0.15) is 0 Å². The second-order valence-electron chi connectivity index (χ2n) is 7.64. The molecule has 0 unspecified atom stereocenters. The quantitative estimate of drug-likeness (QED) is 0.664. The molecule has 1 N–H and O–H groups in total. The second-order valence-corrected chi connectivity index (χ2v) is 7.64. The number of rotatable bonds is 7. The molecule has 4 heteroatoms. The standard InChI is InChI=1S/C15H22O2.C9H10O2/c1-5-12-7-6-8-13(11-12)9-10-14(16)17-15(2,3)4;10-9(11)7-6-8-4-2-1-3-5-8/h6-8,11H,5,9-10H2,1-4H3;1-5H,6-7H2,(H,10,11). The number of carboxylic acid groups (broad SMARTS) is 1. The van der Waals surface area contributed by atoms with Crippen LogP contribution in [0.5, 0.6) is 0 Å². The Bertz CT molecular complexity index is 730. The largest absolute Gasteiger partial charge is 0.481 e. The Morgan fingerprint density at radius 2 is 1.43 bits per heavy atom. The molecule has 2 aromatic rings. The van der Waals surface area contributed by atoms with E-state index in [9.17, 15) is 9.59 Å². The van der Waals surface area contributed by atoms with E-state index in [4.69, 9.17) is 9.84 Å². The lowest BCUT2D eigenvalue weighted by Crippen LogP contribution is -2.24. The lowest BCUT2D eigenvalue weighted by atomic mass is 10.1. The van der Waals surface area contributed by atoms with Crippen LogP contribution in [-0.4, -0.2) is 22.6 Å². The second kappa shape index (κ2) is 12.0. The van der Waals surface area contributed by atoms with Gasteiger partial charge >= 0.3 is 11.9 Å². The minimum absolute atomic E-state index is 0.126. The van der Waals surface area contributed by atoms with Crippen LogP contribution in [0, 0.1) is 0 Å². The Morgan fingerprint density at radius 1 is 0.857 bits per heavy atom. The highest BCUT2D eigenvalue weighted by Crippen LogP contribution is 2.12. The molecule has 2 aromatic carbocycles. The third-order valence-electron chi connectivity index (χ3n) is 3.91. The van der Waals surface area contributed by atoms with Crippen LogP contribution < -0.4 is 0 Å². The molecule has 0 radical (unpaired) electrons. The van der Waals surface area contributed by atoms with Gasteiger partial charge in [0.05, 0.1) is 0 Å². The van der Waals surface area contributed by atoms with Crippen molar-refractivity contribution in [3.8, 4) is 0 Å². The Hall–Kier alpha value is -2.62. The number of aryl methyl sites for hydroxylation is 3. The minimum atomic E-state index is -0.742. The van der Waals surface area contributed by atoms with E-state index in [1.807, 2.05) is 57.2 Å². The molecule has 28 heavy (non-hydrogen) atoms. The van der Waals surface area contributed by atoms with Gasteiger partial charge in [-0.05, 0) is 56.7 Å².